The van der Waals surface area contributed by atoms with Crippen molar-refractivity contribution in [3.8, 4) is 5.75 Å². The largest absolute Gasteiger partial charge is 0.489 e. The van der Waals surface area contributed by atoms with Crippen molar-refractivity contribution in [1.29, 1.82) is 0 Å². The van der Waals surface area contributed by atoms with Crippen LogP contribution in [0.3, 0.4) is 0 Å². The summed E-state index contributed by atoms with van der Waals surface area (Å²) in [6, 6.07) is 8.19. The molecule has 0 saturated heterocycles. The van der Waals surface area contributed by atoms with Gasteiger partial charge in [0, 0.05) is 6.54 Å². The fourth-order valence-electron chi connectivity index (χ4n) is 3.97. The molecule has 0 fully saturated rings. The Bertz CT molecular complexity index is 966. The summed E-state index contributed by atoms with van der Waals surface area (Å²) < 4.78 is 39.6. The Labute approximate surface area is 183 Å². The van der Waals surface area contributed by atoms with Crippen LogP contribution in [0.25, 0.3) is 0 Å². The summed E-state index contributed by atoms with van der Waals surface area (Å²) in [6.45, 7) is 11.7. The molecule has 0 unspecified atom stereocenters. The molecule has 1 heterocycles. The quantitative estimate of drug-likeness (QED) is 0.567. The normalized spacial score (nSPS) is 16.3. The molecule has 3 rings (SSSR count). The molecule has 1 amide bonds. The van der Waals surface area contributed by atoms with E-state index >= 15 is 0 Å². The molecule has 0 bridgehead atoms. The molecule has 2 aromatic rings. The third-order valence-corrected chi connectivity index (χ3v) is 5.41. The van der Waals surface area contributed by atoms with E-state index in [0.29, 0.717) is 24.3 Å². The van der Waals surface area contributed by atoms with Gasteiger partial charge >= 0.3 is 6.09 Å². The molecule has 1 aliphatic heterocycles. The monoisotopic (exact) mass is 431 g/mol. The van der Waals surface area contributed by atoms with Crippen LogP contribution in [0.2, 0.25) is 0 Å². The van der Waals surface area contributed by atoms with Crippen LogP contribution < -0.4 is 4.74 Å². The topological polar surface area (TPSA) is 38.8 Å². The lowest BCUT2D eigenvalue weighted by Crippen LogP contribution is -2.44. The number of rotatable bonds is 4. The Kier molecular flexibility index (Phi) is 6.58. The van der Waals surface area contributed by atoms with E-state index < -0.39 is 17.2 Å². The van der Waals surface area contributed by atoms with Gasteiger partial charge in [-0.25, -0.2) is 13.6 Å². The van der Waals surface area contributed by atoms with Crippen LogP contribution in [-0.4, -0.2) is 23.1 Å². The number of ether oxygens (including phenoxy) is 2. The van der Waals surface area contributed by atoms with Gasteiger partial charge in [-0.2, -0.15) is 0 Å². The zero-order valence-corrected chi connectivity index (χ0v) is 19.1. The number of aryl methyl sites for hydroxylation is 1. The number of nitrogens with zero attached hydrogens (tertiary/aromatic N) is 1. The molecule has 0 aliphatic carbocycles. The van der Waals surface area contributed by atoms with Crippen molar-refractivity contribution in [2.45, 2.75) is 66.2 Å². The van der Waals surface area contributed by atoms with Gasteiger partial charge in [-0.1, -0.05) is 26.0 Å². The highest BCUT2D eigenvalue weighted by atomic mass is 19.1. The lowest BCUT2D eigenvalue weighted by molar-refractivity contribution is 0.00876. The summed E-state index contributed by atoms with van der Waals surface area (Å²) in [7, 11) is 0. The van der Waals surface area contributed by atoms with Crippen LogP contribution in [0.5, 0.6) is 5.75 Å². The molecular formula is C25H31F2NO3. The summed E-state index contributed by atoms with van der Waals surface area (Å²) in [5.74, 6) is -0.458. The van der Waals surface area contributed by atoms with Gasteiger partial charge in [0.2, 0.25) is 0 Å². The summed E-state index contributed by atoms with van der Waals surface area (Å²) in [4.78, 5) is 14.6. The van der Waals surface area contributed by atoms with E-state index in [1.165, 1.54) is 12.1 Å². The maximum Gasteiger partial charge on any atom is 0.410 e. The first-order chi connectivity index (χ1) is 14.5. The predicted octanol–water partition coefficient (Wildman–Crippen LogP) is 6.34. The third-order valence-electron chi connectivity index (χ3n) is 5.41. The van der Waals surface area contributed by atoms with E-state index in [0.717, 1.165) is 11.1 Å². The van der Waals surface area contributed by atoms with E-state index in [1.807, 2.05) is 32.9 Å². The van der Waals surface area contributed by atoms with E-state index in [-0.39, 0.29) is 30.2 Å². The average Bonchev–Trinajstić information content (AvgIpc) is 2.68. The molecule has 0 aromatic heterocycles. The second kappa shape index (κ2) is 8.85. The highest BCUT2D eigenvalue weighted by Crippen LogP contribution is 2.37. The van der Waals surface area contributed by atoms with Crippen LogP contribution in [-0.2, 0) is 17.8 Å². The molecule has 31 heavy (non-hydrogen) atoms. The minimum absolute atomic E-state index is 0.0751. The van der Waals surface area contributed by atoms with Crippen molar-refractivity contribution in [1.82, 2.24) is 4.90 Å². The zero-order chi connectivity index (χ0) is 22.9. The third kappa shape index (κ3) is 5.17. The molecule has 1 atom stereocenters. The first-order valence-corrected chi connectivity index (χ1v) is 10.7. The van der Waals surface area contributed by atoms with Crippen molar-refractivity contribution in [2.75, 3.05) is 6.54 Å². The average molecular weight is 432 g/mol. The van der Waals surface area contributed by atoms with Crippen LogP contribution in [0.15, 0.2) is 30.3 Å². The van der Waals surface area contributed by atoms with Gasteiger partial charge in [0.05, 0.1) is 11.6 Å². The smallest absolute Gasteiger partial charge is 0.410 e. The molecule has 4 nitrogen and oxygen atoms in total. The van der Waals surface area contributed by atoms with Gasteiger partial charge in [0.1, 0.15) is 29.6 Å². The summed E-state index contributed by atoms with van der Waals surface area (Å²) in [5, 5.41) is 0. The molecule has 2 aromatic carbocycles. The molecule has 1 aliphatic rings. The minimum Gasteiger partial charge on any atom is -0.489 e. The van der Waals surface area contributed by atoms with Crippen molar-refractivity contribution in [2.24, 2.45) is 5.92 Å². The van der Waals surface area contributed by atoms with Gasteiger partial charge in [-0.3, -0.25) is 0 Å². The molecule has 0 saturated carbocycles. The first-order valence-electron chi connectivity index (χ1n) is 10.7. The Morgan fingerprint density at radius 3 is 2.55 bits per heavy atom. The summed E-state index contributed by atoms with van der Waals surface area (Å²) in [6.07, 6.45) is 0.338. The second-order valence-corrected chi connectivity index (χ2v) is 9.42. The van der Waals surface area contributed by atoms with Crippen LogP contribution >= 0.6 is 0 Å². The Balaban J connectivity index is 1.81. The lowest BCUT2D eigenvalue weighted by atomic mass is 9.86. The number of hydrogen-bond acceptors (Lipinski definition) is 3. The minimum atomic E-state index is -0.617. The summed E-state index contributed by atoms with van der Waals surface area (Å²) in [5.41, 5.74) is 1.87. The Morgan fingerprint density at radius 2 is 1.90 bits per heavy atom. The van der Waals surface area contributed by atoms with Gasteiger partial charge in [0.25, 0.3) is 0 Å². The van der Waals surface area contributed by atoms with E-state index in [1.54, 1.807) is 17.9 Å². The zero-order valence-electron chi connectivity index (χ0n) is 19.1. The maximum atomic E-state index is 14.2. The Hall–Kier alpha value is -2.63. The number of amides is 1. The maximum absolute atomic E-state index is 14.2. The van der Waals surface area contributed by atoms with Crippen molar-refractivity contribution >= 4 is 6.09 Å². The van der Waals surface area contributed by atoms with Gasteiger partial charge in [-0.15, -0.1) is 0 Å². The van der Waals surface area contributed by atoms with Crippen LogP contribution in [0.1, 0.15) is 62.9 Å². The van der Waals surface area contributed by atoms with Crippen LogP contribution in [0, 0.1) is 24.5 Å². The van der Waals surface area contributed by atoms with E-state index in [9.17, 15) is 13.6 Å². The lowest BCUT2D eigenvalue weighted by Gasteiger charge is -2.40. The molecule has 6 heteroatoms. The fourth-order valence-corrected chi connectivity index (χ4v) is 3.97. The number of fused-ring (bicyclic) bond motifs is 1. The molecule has 168 valence electrons. The number of halogens is 2. The SMILES string of the molecule is Cc1ccc(F)c(COc2ccc3c(c2)CCN(C(=O)OC(C)(C)C)[C@H]3C(C)C)c1F. The van der Waals surface area contributed by atoms with Crippen LogP contribution in [0.4, 0.5) is 13.6 Å². The predicted molar refractivity (Wildman–Crippen MR) is 116 cm³/mol. The Morgan fingerprint density at radius 1 is 1.19 bits per heavy atom. The highest BCUT2D eigenvalue weighted by Gasteiger charge is 2.35. The highest BCUT2D eigenvalue weighted by molar-refractivity contribution is 5.69. The summed E-state index contributed by atoms with van der Waals surface area (Å²) >= 11 is 0. The molecular weight excluding hydrogens is 400 g/mol. The number of carbonyl (C=O) groups is 1. The molecule has 0 spiro atoms. The second-order valence-electron chi connectivity index (χ2n) is 9.42. The molecule has 0 radical (unpaired) electrons. The molecule has 0 N–H and O–H groups in total. The van der Waals surface area contributed by atoms with Gasteiger partial charge < -0.3 is 14.4 Å². The van der Waals surface area contributed by atoms with Crippen molar-refractivity contribution in [3.05, 3.63) is 64.2 Å². The van der Waals surface area contributed by atoms with Crippen molar-refractivity contribution < 1.29 is 23.0 Å². The standard InChI is InChI=1S/C25H31F2NO3/c1-15(2)23-19-9-8-18(30-14-20-21(26)10-7-16(3)22(20)27)13-17(19)11-12-28(23)24(29)31-25(4,5)6/h7-10,13,15,23H,11-12,14H2,1-6H3/t23-/m0/s1. The van der Waals surface area contributed by atoms with E-state index in [2.05, 4.69) is 13.8 Å². The number of carbonyl (C=O) groups excluding carboxylic acids is 1. The van der Waals surface area contributed by atoms with Gasteiger partial charge in [-0.05, 0) is 74.9 Å². The van der Waals surface area contributed by atoms with Gasteiger partial charge in [0.15, 0.2) is 0 Å². The van der Waals surface area contributed by atoms with E-state index in [4.69, 9.17) is 9.47 Å². The van der Waals surface area contributed by atoms with Crippen molar-refractivity contribution in [3.63, 3.8) is 0 Å². The number of hydrogen-bond donors (Lipinski definition) is 0. The fraction of sp³-hybridized carbons (Fsp3) is 0.480. The first kappa shape index (κ1) is 23.0. The number of benzene rings is 2.